The van der Waals surface area contributed by atoms with Gasteiger partial charge < -0.3 is 0 Å². The van der Waals surface area contributed by atoms with E-state index in [4.69, 9.17) is 18.0 Å². The summed E-state index contributed by atoms with van der Waals surface area (Å²) < 4.78 is 12.9. The van der Waals surface area contributed by atoms with Gasteiger partial charge in [-0.3, -0.25) is 10.1 Å². The number of hydrogen-bond acceptors (Lipinski definition) is 2. The average molecular weight is 240 g/mol. The van der Waals surface area contributed by atoms with Crippen LogP contribution in [0.5, 0.6) is 0 Å². The van der Waals surface area contributed by atoms with Gasteiger partial charge in [0.05, 0.1) is 13.1 Å². The topological polar surface area (TPSA) is 29.1 Å². The van der Waals surface area contributed by atoms with Gasteiger partial charge in [0, 0.05) is 11.4 Å². The second-order valence-electron chi connectivity index (χ2n) is 3.26. The molecule has 1 aromatic carbocycles. The van der Waals surface area contributed by atoms with Gasteiger partial charge in [-0.25, -0.2) is 4.39 Å². The summed E-state index contributed by atoms with van der Waals surface area (Å²) in [6.07, 6.45) is 5.12. The zero-order chi connectivity index (χ0) is 12.0. The van der Waals surface area contributed by atoms with Gasteiger partial charge in [0.15, 0.2) is 5.78 Å². The predicted molar refractivity (Wildman–Crippen MR) is 61.8 cm³/mol. The van der Waals surface area contributed by atoms with E-state index in [9.17, 15) is 9.18 Å². The standard InChI is InChI=1S/C12H11ClFNO/c1-2-5-15-8-11(16)7-9-6-10(14)3-4-12(9)13/h1,3-4,6,15H,5,7-8H2. The van der Waals surface area contributed by atoms with E-state index < -0.39 is 5.82 Å². The number of rotatable bonds is 5. The highest BCUT2D eigenvalue weighted by Crippen LogP contribution is 2.17. The fourth-order valence-corrected chi connectivity index (χ4v) is 1.41. The van der Waals surface area contributed by atoms with Crippen molar-refractivity contribution in [2.45, 2.75) is 6.42 Å². The first-order chi connectivity index (χ1) is 7.63. The van der Waals surface area contributed by atoms with Crippen molar-refractivity contribution in [2.75, 3.05) is 13.1 Å². The van der Waals surface area contributed by atoms with Crippen molar-refractivity contribution in [3.8, 4) is 12.3 Å². The maximum atomic E-state index is 12.9. The van der Waals surface area contributed by atoms with Crippen molar-refractivity contribution in [1.82, 2.24) is 5.32 Å². The van der Waals surface area contributed by atoms with Gasteiger partial charge >= 0.3 is 0 Å². The molecule has 0 bridgehead atoms. The lowest BCUT2D eigenvalue weighted by Gasteiger charge is -2.04. The Kier molecular flexibility index (Phi) is 4.97. The van der Waals surface area contributed by atoms with E-state index >= 15 is 0 Å². The lowest BCUT2D eigenvalue weighted by molar-refractivity contribution is -0.117. The Bertz CT molecular complexity index is 426. The van der Waals surface area contributed by atoms with Crippen molar-refractivity contribution in [3.63, 3.8) is 0 Å². The Labute approximate surface area is 98.8 Å². The van der Waals surface area contributed by atoms with Crippen molar-refractivity contribution in [3.05, 3.63) is 34.6 Å². The fourth-order valence-electron chi connectivity index (χ4n) is 1.23. The summed E-state index contributed by atoms with van der Waals surface area (Å²) in [5.41, 5.74) is 0.495. The lowest BCUT2D eigenvalue weighted by atomic mass is 10.1. The highest BCUT2D eigenvalue weighted by molar-refractivity contribution is 6.31. The molecule has 0 amide bonds. The highest BCUT2D eigenvalue weighted by Gasteiger charge is 2.07. The molecule has 0 saturated carbocycles. The Hall–Kier alpha value is -1.37. The molecule has 4 heteroatoms. The number of hydrogen-bond donors (Lipinski definition) is 1. The van der Waals surface area contributed by atoms with Gasteiger partial charge in [0.2, 0.25) is 0 Å². The van der Waals surface area contributed by atoms with E-state index in [0.29, 0.717) is 17.1 Å². The molecule has 0 radical (unpaired) electrons. The van der Waals surface area contributed by atoms with Gasteiger partial charge in [0.25, 0.3) is 0 Å². The third kappa shape index (κ3) is 4.01. The number of nitrogens with one attached hydrogen (secondary N) is 1. The molecule has 84 valence electrons. The van der Waals surface area contributed by atoms with Gasteiger partial charge in [-0.1, -0.05) is 17.5 Å². The summed E-state index contributed by atoms with van der Waals surface area (Å²) in [6, 6.07) is 3.96. The van der Waals surface area contributed by atoms with Gasteiger partial charge in [-0.05, 0) is 23.8 Å². The maximum Gasteiger partial charge on any atom is 0.151 e. The second-order valence-corrected chi connectivity index (χ2v) is 3.67. The first-order valence-electron chi connectivity index (χ1n) is 4.73. The van der Waals surface area contributed by atoms with Crippen LogP contribution in [0.4, 0.5) is 4.39 Å². The summed E-state index contributed by atoms with van der Waals surface area (Å²) in [5.74, 6) is 1.88. The number of benzene rings is 1. The number of carbonyl (C=O) groups excluding carboxylic acids is 1. The van der Waals surface area contributed by atoms with Crippen molar-refractivity contribution in [1.29, 1.82) is 0 Å². The van der Waals surface area contributed by atoms with E-state index in [2.05, 4.69) is 11.2 Å². The van der Waals surface area contributed by atoms with Crippen LogP contribution in [-0.4, -0.2) is 18.9 Å². The van der Waals surface area contributed by atoms with Crippen LogP contribution < -0.4 is 5.32 Å². The number of ketones is 1. The van der Waals surface area contributed by atoms with Crippen LogP contribution in [-0.2, 0) is 11.2 Å². The molecule has 0 unspecified atom stereocenters. The fraction of sp³-hybridized carbons (Fsp3) is 0.250. The molecule has 1 aromatic rings. The number of Topliss-reactive ketones (excluding diaryl/α,β-unsaturated/α-hetero) is 1. The molecule has 0 saturated heterocycles. The SMILES string of the molecule is C#CCNCC(=O)Cc1cc(F)ccc1Cl. The largest absolute Gasteiger partial charge is 0.299 e. The predicted octanol–water partition coefficient (Wildman–Crippen LogP) is 1.81. The molecule has 2 nitrogen and oxygen atoms in total. The van der Waals surface area contributed by atoms with E-state index in [1.165, 1.54) is 18.2 Å². The normalized spacial score (nSPS) is 9.81. The minimum atomic E-state index is -0.399. The summed E-state index contributed by atoms with van der Waals surface area (Å²) in [4.78, 5) is 11.4. The minimum absolute atomic E-state index is 0.0808. The van der Waals surface area contributed by atoms with Crippen LogP contribution in [0.15, 0.2) is 18.2 Å². The van der Waals surface area contributed by atoms with Crippen LogP contribution in [0, 0.1) is 18.2 Å². The van der Waals surface area contributed by atoms with Gasteiger partial charge in [0.1, 0.15) is 5.82 Å². The smallest absolute Gasteiger partial charge is 0.151 e. The molecule has 0 aromatic heterocycles. The molecule has 1 N–H and O–H groups in total. The number of halogens is 2. The molecule has 1 rings (SSSR count). The summed E-state index contributed by atoms with van der Waals surface area (Å²) >= 11 is 5.83. The molecular weight excluding hydrogens is 229 g/mol. The van der Waals surface area contributed by atoms with E-state index in [-0.39, 0.29) is 18.7 Å². The molecular formula is C12H11ClFNO. The zero-order valence-electron chi connectivity index (χ0n) is 8.59. The van der Waals surface area contributed by atoms with Gasteiger partial charge in [-0.15, -0.1) is 6.42 Å². The highest BCUT2D eigenvalue weighted by atomic mass is 35.5. The Morgan fingerprint density at radius 2 is 2.31 bits per heavy atom. The molecule has 0 heterocycles. The molecule has 0 aliphatic heterocycles. The molecule has 16 heavy (non-hydrogen) atoms. The number of carbonyl (C=O) groups is 1. The summed E-state index contributed by atoms with van der Waals surface area (Å²) in [6.45, 7) is 0.500. The zero-order valence-corrected chi connectivity index (χ0v) is 9.35. The van der Waals surface area contributed by atoms with Crippen LogP contribution in [0.3, 0.4) is 0 Å². The first kappa shape index (κ1) is 12.7. The Morgan fingerprint density at radius 3 is 3.00 bits per heavy atom. The average Bonchev–Trinajstić information content (AvgIpc) is 2.24. The van der Waals surface area contributed by atoms with E-state index in [1.54, 1.807) is 0 Å². The third-order valence-electron chi connectivity index (χ3n) is 1.94. The lowest BCUT2D eigenvalue weighted by Crippen LogP contribution is -2.24. The molecule has 0 atom stereocenters. The summed E-state index contributed by atoms with van der Waals surface area (Å²) in [7, 11) is 0. The second kappa shape index (κ2) is 6.26. The van der Waals surface area contributed by atoms with Crippen LogP contribution in [0.25, 0.3) is 0 Å². The summed E-state index contributed by atoms with van der Waals surface area (Å²) in [5, 5.41) is 3.16. The Balaban J connectivity index is 2.56. The Morgan fingerprint density at radius 1 is 1.56 bits per heavy atom. The van der Waals surface area contributed by atoms with Crippen molar-refractivity contribution in [2.24, 2.45) is 0 Å². The molecule has 0 aliphatic carbocycles. The van der Waals surface area contributed by atoms with E-state index in [1.807, 2.05) is 0 Å². The van der Waals surface area contributed by atoms with Crippen LogP contribution >= 0.6 is 11.6 Å². The minimum Gasteiger partial charge on any atom is -0.299 e. The third-order valence-corrected chi connectivity index (χ3v) is 2.31. The van der Waals surface area contributed by atoms with E-state index in [0.717, 1.165) is 0 Å². The van der Waals surface area contributed by atoms with Crippen LogP contribution in [0.1, 0.15) is 5.56 Å². The van der Waals surface area contributed by atoms with Crippen molar-refractivity contribution < 1.29 is 9.18 Å². The molecule has 0 fully saturated rings. The maximum absolute atomic E-state index is 12.9. The van der Waals surface area contributed by atoms with Gasteiger partial charge in [-0.2, -0.15) is 0 Å². The first-order valence-corrected chi connectivity index (χ1v) is 5.11. The molecule has 0 aliphatic rings. The molecule has 0 spiro atoms. The number of terminal acetylenes is 1. The van der Waals surface area contributed by atoms with Crippen LogP contribution in [0.2, 0.25) is 5.02 Å². The van der Waals surface area contributed by atoms with Crippen molar-refractivity contribution >= 4 is 17.4 Å². The monoisotopic (exact) mass is 239 g/mol. The quantitative estimate of drug-likeness (QED) is 0.627.